The van der Waals surface area contributed by atoms with Gasteiger partial charge in [-0.1, -0.05) is 0 Å². The second kappa shape index (κ2) is 6.10. The number of methoxy groups -OCH3 is 1. The number of ether oxygens (including phenoxy) is 1. The molecule has 0 radical (unpaired) electrons. The third-order valence-electron chi connectivity index (χ3n) is 3.04. The number of benzene rings is 2. The van der Waals surface area contributed by atoms with E-state index in [-0.39, 0.29) is 11.1 Å². The van der Waals surface area contributed by atoms with Gasteiger partial charge < -0.3 is 9.84 Å². The molecule has 2 aromatic rings. The highest BCUT2D eigenvalue weighted by Gasteiger charge is 2.22. The molecule has 118 valence electrons. The van der Waals surface area contributed by atoms with Gasteiger partial charge in [-0.25, -0.2) is 0 Å². The predicted molar refractivity (Wildman–Crippen MR) is 77.8 cm³/mol. The lowest BCUT2D eigenvalue weighted by atomic mass is 10.0. The number of nitrogens with zero attached hydrogens (tertiary/aromatic N) is 2. The first kappa shape index (κ1) is 15.9. The molecule has 0 unspecified atom stereocenters. The molecule has 0 atom stereocenters. The first-order valence-electron chi connectivity index (χ1n) is 6.19. The Morgan fingerprint density at radius 2 is 1.61 bits per heavy atom. The Bertz CT molecular complexity index is 785. The van der Waals surface area contributed by atoms with Gasteiger partial charge >= 0.3 is 0 Å². The average Bonchev–Trinajstić information content (AvgIpc) is 2.53. The van der Waals surface area contributed by atoms with Crippen LogP contribution in [0.2, 0.25) is 0 Å². The summed E-state index contributed by atoms with van der Waals surface area (Å²) in [6, 6.07) is 6.46. The van der Waals surface area contributed by atoms with Crippen molar-refractivity contribution in [2.75, 3.05) is 7.11 Å². The number of hydrogen-bond donors (Lipinski definition) is 1. The van der Waals surface area contributed by atoms with Crippen LogP contribution in [0.4, 0.5) is 11.4 Å². The highest BCUT2D eigenvalue weighted by molar-refractivity contribution is 6.11. The number of non-ortho nitro benzene ring substituents is 2. The quantitative estimate of drug-likeness (QED) is 0.508. The Balaban J connectivity index is 2.54. The molecule has 0 bridgehead atoms. The number of aromatic hydroxyl groups is 1. The zero-order valence-corrected chi connectivity index (χ0v) is 11.8. The van der Waals surface area contributed by atoms with Gasteiger partial charge in [0, 0.05) is 23.8 Å². The molecule has 0 spiro atoms. The Hall–Kier alpha value is -3.49. The topological polar surface area (TPSA) is 133 Å². The van der Waals surface area contributed by atoms with Crippen LogP contribution in [-0.4, -0.2) is 27.8 Å². The molecule has 9 heteroatoms. The Morgan fingerprint density at radius 1 is 1.04 bits per heavy atom. The Morgan fingerprint density at radius 3 is 2.04 bits per heavy atom. The summed E-state index contributed by atoms with van der Waals surface area (Å²) in [5.41, 5.74) is -1.60. The maximum atomic E-state index is 12.4. The average molecular weight is 318 g/mol. The van der Waals surface area contributed by atoms with Crippen LogP contribution in [-0.2, 0) is 0 Å². The van der Waals surface area contributed by atoms with Gasteiger partial charge in [-0.2, -0.15) is 0 Å². The predicted octanol–water partition coefficient (Wildman–Crippen LogP) is 2.45. The summed E-state index contributed by atoms with van der Waals surface area (Å²) in [6.07, 6.45) is 0. The van der Waals surface area contributed by atoms with Gasteiger partial charge in [-0.05, 0) is 12.1 Å². The summed E-state index contributed by atoms with van der Waals surface area (Å²) in [5.74, 6) is -0.871. The first-order chi connectivity index (χ1) is 10.8. The molecule has 0 aliphatic heterocycles. The molecular weight excluding hydrogens is 308 g/mol. The van der Waals surface area contributed by atoms with Gasteiger partial charge in [-0.15, -0.1) is 0 Å². The minimum atomic E-state index is -0.836. The summed E-state index contributed by atoms with van der Waals surface area (Å²) < 4.78 is 4.89. The van der Waals surface area contributed by atoms with Crippen molar-refractivity contribution in [2.45, 2.75) is 0 Å². The van der Waals surface area contributed by atoms with E-state index in [0.29, 0.717) is 5.75 Å². The highest BCUT2D eigenvalue weighted by Crippen LogP contribution is 2.29. The maximum Gasteiger partial charge on any atom is 0.277 e. The van der Waals surface area contributed by atoms with E-state index in [1.165, 1.54) is 25.3 Å². The molecule has 0 aliphatic rings. The molecule has 9 nitrogen and oxygen atoms in total. The van der Waals surface area contributed by atoms with Crippen LogP contribution in [0.5, 0.6) is 11.5 Å². The molecule has 0 aliphatic carbocycles. The lowest BCUT2D eigenvalue weighted by molar-refractivity contribution is -0.394. The van der Waals surface area contributed by atoms with Crippen molar-refractivity contribution in [1.29, 1.82) is 0 Å². The van der Waals surface area contributed by atoms with E-state index < -0.39 is 32.8 Å². The fourth-order valence-electron chi connectivity index (χ4n) is 1.92. The van der Waals surface area contributed by atoms with E-state index in [0.717, 1.165) is 18.2 Å². The van der Waals surface area contributed by atoms with Crippen molar-refractivity contribution in [3.8, 4) is 11.5 Å². The monoisotopic (exact) mass is 318 g/mol. The van der Waals surface area contributed by atoms with Crippen LogP contribution in [0.15, 0.2) is 36.4 Å². The van der Waals surface area contributed by atoms with Crippen LogP contribution in [0, 0.1) is 20.2 Å². The molecule has 0 amide bonds. The third-order valence-corrected chi connectivity index (χ3v) is 3.04. The number of rotatable bonds is 5. The normalized spacial score (nSPS) is 10.1. The SMILES string of the molecule is COc1ccc(C(=O)c2cc([N+](=O)[O-])cc([N+](=O)[O-])c2)c(O)c1. The number of phenols is 1. The van der Waals surface area contributed by atoms with Gasteiger partial charge in [0.1, 0.15) is 11.5 Å². The number of nitro groups is 2. The standard InChI is InChI=1S/C14H10N2O7/c1-23-11-2-3-12(13(17)7-11)14(18)8-4-9(15(19)20)6-10(5-8)16(21)22/h2-7,17H,1H3. The van der Waals surface area contributed by atoms with Crippen LogP contribution >= 0.6 is 0 Å². The van der Waals surface area contributed by atoms with E-state index >= 15 is 0 Å². The van der Waals surface area contributed by atoms with Gasteiger partial charge in [0.2, 0.25) is 0 Å². The zero-order valence-electron chi connectivity index (χ0n) is 11.8. The van der Waals surface area contributed by atoms with Crippen molar-refractivity contribution in [2.24, 2.45) is 0 Å². The van der Waals surface area contributed by atoms with Crippen LogP contribution in [0.1, 0.15) is 15.9 Å². The summed E-state index contributed by atoms with van der Waals surface area (Å²) >= 11 is 0. The molecule has 0 heterocycles. The molecule has 2 aromatic carbocycles. The number of phenolic OH excluding ortho intramolecular Hbond substituents is 1. The summed E-state index contributed by atoms with van der Waals surface area (Å²) in [4.78, 5) is 32.4. The third kappa shape index (κ3) is 3.23. The summed E-state index contributed by atoms with van der Waals surface area (Å²) in [6.45, 7) is 0. The molecule has 2 rings (SSSR count). The molecule has 23 heavy (non-hydrogen) atoms. The van der Waals surface area contributed by atoms with E-state index in [2.05, 4.69) is 0 Å². The first-order valence-corrected chi connectivity index (χ1v) is 6.19. The van der Waals surface area contributed by atoms with Crippen LogP contribution in [0.3, 0.4) is 0 Å². The fraction of sp³-hybridized carbons (Fsp3) is 0.0714. The largest absolute Gasteiger partial charge is 0.507 e. The molecule has 0 aromatic heterocycles. The van der Waals surface area contributed by atoms with E-state index in [9.17, 15) is 30.1 Å². The summed E-state index contributed by atoms with van der Waals surface area (Å²) in [7, 11) is 1.38. The van der Waals surface area contributed by atoms with Crippen molar-refractivity contribution in [3.63, 3.8) is 0 Å². The lowest BCUT2D eigenvalue weighted by Crippen LogP contribution is -2.04. The van der Waals surface area contributed by atoms with Crippen molar-refractivity contribution in [3.05, 3.63) is 67.8 Å². The second-order valence-electron chi connectivity index (χ2n) is 4.46. The number of nitro benzene ring substituents is 2. The maximum absolute atomic E-state index is 12.4. The minimum Gasteiger partial charge on any atom is -0.507 e. The van der Waals surface area contributed by atoms with Crippen LogP contribution < -0.4 is 4.74 Å². The van der Waals surface area contributed by atoms with Crippen molar-refractivity contribution < 1.29 is 24.5 Å². The molecule has 0 saturated carbocycles. The Labute approximate surface area is 129 Å². The fourth-order valence-corrected chi connectivity index (χ4v) is 1.92. The number of hydrogen-bond acceptors (Lipinski definition) is 7. The van der Waals surface area contributed by atoms with Crippen LogP contribution in [0.25, 0.3) is 0 Å². The molecule has 0 saturated heterocycles. The Kier molecular flexibility index (Phi) is 4.21. The van der Waals surface area contributed by atoms with E-state index in [1.54, 1.807) is 0 Å². The highest BCUT2D eigenvalue weighted by atomic mass is 16.6. The molecular formula is C14H10N2O7. The lowest BCUT2D eigenvalue weighted by Gasteiger charge is -2.06. The number of carbonyl (C=O) groups is 1. The van der Waals surface area contributed by atoms with Crippen molar-refractivity contribution in [1.82, 2.24) is 0 Å². The smallest absolute Gasteiger partial charge is 0.277 e. The van der Waals surface area contributed by atoms with Crippen molar-refractivity contribution >= 4 is 17.2 Å². The summed E-state index contributed by atoms with van der Waals surface area (Å²) in [5, 5.41) is 31.5. The number of carbonyl (C=O) groups excluding carboxylic acids is 1. The minimum absolute atomic E-state index is 0.152. The second-order valence-corrected chi connectivity index (χ2v) is 4.46. The molecule has 0 fully saturated rings. The van der Waals surface area contributed by atoms with Gasteiger partial charge in [0.15, 0.2) is 5.78 Å². The van der Waals surface area contributed by atoms with Gasteiger partial charge in [-0.3, -0.25) is 25.0 Å². The molecule has 1 N–H and O–H groups in total. The number of ketones is 1. The van der Waals surface area contributed by atoms with Gasteiger partial charge in [0.25, 0.3) is 11.4 Å². The zero-order chi connectivity index (χ0) is 17.1. The van der Waals surface area contributed by atoms with E-state index in [1.807, 2.05) is 0 Å². The van der Waals surface area contributed by atoms with E-state index in [4.69, 9.17) is 4.74 Å². The van der Waals surface area contributed by atoms with Gasteiger partial charge in [0.05, 0.1) is 28.6 Å².